The van der Waals surface area contributed by atoms with E-state index in [9.17, 15) is 0 Å². The SMILES string of the molecule is C=CC[n+]1c(C(=N)C(=C=N)C#N)n(-c2ccccc2)[nH]c1=S. The van der Waals surface area contributed by atoms with Crippen LogP contribution >= 0.6 is 12.2 Å². The van der Waals surface area contributed by atoms with Gasteiger partial charge in [-0.15, -0.1) is 9.78 Å². The lowest BCUT2D eigenvalue weighted by molar-refractivity contribution is -0.695. The van der Waals surface area contributed by atoms with Crippen molar-refractivity contribution in [1.29, 1.82) is 16.1 Å². The number of nitrogens with zero attached hydrogens (tertiary/aromatic N) is 3. The van der Waals surface area contributed by atoms with Crippen LogP contribution in [-0.4, -0.2) is 21.4 Å². The van der Waals surface area contributed by atoms with E-state index in [4.69, 9.17) is 28.3 Å². The summed E-state index contributed by atoms with van der Waals surface area (Å²) in [4.78, 5) is 0. The summed E-state index contributed by atoms with van der Waals surface area (Å²) in [6.45, 7) is 4.06. The first-order chi connectivity index (χ1) is 10.6. The summed E-state index contributed by atoms with van der Waals surface area (Å²) in [6.07, 6.45) is 1.65. The van der Waals surface area contributed by atoms with Gasteiger partial charge in [0.05, 0.1) is 6.54 Å². The lowest BCUT2D eigenvalue weighted by Gasteiger charge is -2.03. The Kier molecular flexibility index (Phi) is 4.59. The monoisotopic (exact) mass is 309 g/mol. The van der Waals surface area contributed by atoms with Gasteiger partial charge in [-0.2, -0.15) is 5.26 Å². The fourth-order valence-electron chi connectivity index (χ4n) is 1.99. The van der Waals surface area contributed by atoms with Crippen molar-refractivity contribution in [3.05, 3.63) is 59.2 Å². The highest BCUT2D eigenvalue weighted by atomic mass is 32.1. The minimum atomic E-state index is -0.170. The molecule has 3 N–H and O–H groups in total. The van der Waals surface area contributed by atoms with Crippen LogP contribution in [-0.2, 0) is 6.54 Å². The van der Waals surface area contributed by atoms with Crippen molar-refractivity contribution in [2.75, 3.05) is 0 Å². The molecule has 2 aromatic rings. The van der Waals surface area contributed by atoms with Crippen molar-refractivity contribution in [3.8, 4) is 11.8 Å². The van der Waals surface area contributed by atoms with Crippen LogP contribution in [0.25, 0.3) is 5.69 Å². The number of rotatable bonds is 5. The Hall–Kier alpha value is -3.07. The lowest BCUT2D eigenvalue weighted by atomic mass is 10.2. The molecule has 0 bridgehead atoms. The third kappa shape index (κ3) is 2.69. The van der Waals surface area contributed by atoms with E-state index in [2.05, 4.69) is 11.7 Å². The van der Waals surface area contributed by atoms with Crippen molar-refractivity contribution in [2.45, 2.75) is 6.54 Å². The smallest absolute Gasteiger partial charge is 0.293 e. The van der Waals surface area contributed by atoms with Gasteiger partial charge in [0.2, 0.25) is 0 Å². The van der Waals surface area contributed by atoms with Gasteiger partial charge in [0, 0.05) is 0 Å². The van der Waals surface area contributed by atoms with Crippen molar-refractivity contribution in [2.24, 2.45) is 0 Å². The fraction of sp³-hybridized carbons (Fsp3) is 0.0667. The predicted octanol–water partition coefficient (Wildman–Crippen LogP) is 2.07. The van der Waals surface area contributed by atoms with Crippen molar-refractivity contribution in [1.82, 2.24) is 9.78 Å². The van der Waals surface area contributed by atoms with Gasteiger partial charge in [0.1, 0.15) is 17.3 Å². The Morgan fingerprint density at radius 2 is 2.14 bits per heavy atom. The van der Waals surface area contributed by atoms with Crippen molar-refractivity contribution >= 4 is 23.8 Å². The Balaban J connectivity index is 2.77. The summed E-state index contributed by atoms with van der Waals surface area (Å²) in [7, 11) is 0. The van der Waals surface area contributed by atoms with E-state index in [1.807, 2.05) is 36.2 Å². The van der Waals surface area contributed by atoms with Gasteiger partial charge in [0.15, 0.2) is 5.71 Å². The molecule has 0 amide bonds. The molecule has 1 aromatic heterocycles. The summed E-state index contributed by atoms with van der Waals surface area (Å²) in [5.41, 5.74) is 0.463. The Morgan fingerprint density at radius 3 is 2.68 bits per heavy atom. The molecule has 6 nitrogen and oxygen atoms in total. The molecule has 0 fully saturated rings. The van der Waals surface area contributed by atoms with Crippen LogP contribution < -0.4 is 4.57 Å². The molecule has 7 heteroatoms. The molecular formula is C15H13N6S+. The maximum absolute atomic E-state index is 9.06. The van der Waals surface area contributed by atoms with Crippen LogP contribution in [0.15, 0.2) is 48.6 Å². The van der Waals surface area contributed by atoms with Crippen LogP contribution in [0.2, 0.25) is 0 Å². The van der Waals surface area contributed by atoms with Crippen LogP contribution in [0.5, 0.6) is 0 Å². The average molecular weight is 309 g/mol. The number of para-hydroxylation sites is 1. The first-order valence-electron chi connectivity index (χ1n) is 6.34. The number of benzene rings is 1. The third-order valence-electron chi connectivity index (χ3n) is 2.96. The minimum Gasteiger partial charge on any atom is -0.293 e. The van der Waals surface area contributed by atoms with Crippen LogP contribution in [0.3, 0.4) is 0 Å². The highest BCUT2D eigenvalue weighted by molar-refractivity contribution is 7.71. The van der Waals surface area contributed by atoms with Gasteiger partial charge >= 0.3 is 4.77 Å². The minimum absolute atomic E-state index is 0.129. The molecule has 0 radical (unpaired) electrons. The molecular weight excluding hydrogens is 296 g/mol. The van der Waals surface area contributed by atoms with Gasteiger partial charge in [-0.3, -0.25) is 10.8 Å². The highest BCUT2D eigenvalue weighted by Crippen LogP contribution is 2.10. The Morgan fingerprint density at radius 1 is 1.45 bits per heavy atom. The molecule has 22 heavy (non-hydrogen) atoms. The number of allylic oxidation sites excluding steroid dienone is 2. The number of nitrogens with one attached hydrogen (secondary N) is 3. The number of hydrogen-bond acceptors (Lipinski definition) is 4. The molecule has 0 aliphatic rings. The fourth-order valence-corrected chi connectivity index (χ4v) is 2.25. The molecule has 0 atom stereocenters. The van der Waals surface area contributed by atoms with Crippen molar-refractivity contribution in [3.63, 3.8) is 0 Å². The van der Waals surface area contributed by atoms with Crippen LogP contribution in [0, 0.1) is 26.9 Å². The number of aromatic amines is 1. The van der Waals surface area contributed by atoms with E-state index >= 15 is 0 Å². The van der Waals surface area contributed by atoms with E-state index in [-0.39, 0.29) is 11.3 Å². The molecule has 0 unspecified atom stereocenters. The molecule has 0 saturated carbocycles. The standard InChI is InChI=1S/C15H12N6S/c1-2-8-20-14(13(18)11(9-16)10-17)21(19-15(20)22)12-6-4-3-5-7-12/h2-7,16H,1,8H2,(H-,18,19,22)/p+1. The van der Waals surface area contributed by atoms with Crippen molar-refractivity contribution < 1.29 is 4.57 Å². The van der Waals surface area contributed by atoms with Gasteiger partial charge in [-0.05, 0) is 30.2 Å². The molecule has 108 valence electrons. The summed E-state index contributed by atoms with van der Waals surface area (Å²) >= 11 is 5.29. The number of nitriles is 1. The number of H-pyrrole nitrogens is 1. The largest absolute Gasteiger partial charge is 0.324 e. The lowest BCUT2D eigenvalue weighted by Crippen LogP contribution is -2.40. The van der Waals surface area contributed by atoms with Crippen LogP contribution in [0.4, 0.5) is 0 Å². The first-order valence-corrected chi connectivity index (χ1v) is 6.75. The average Bonchev–Trinajstić information content (AvgIpc) is 2.86. The molecule has 0 spiro atoms. The number of aromatic nitrogens is 3. The zero-order valence-electron chi connectivity index (χ0n) is 11.6. The molecule has 0 aliphatic carbocycles. The summed E-state index contributed by atoms with van der Waals surface area (Å²) in [6, 6.07) is 11.1. The molecule has 1 aromatic carbocycles. The highest BCUT2D eigenvalue weighted by Gasteiger charge is 2.26. The van der Waals surface area contributed by atoms with E-state index < -0.39 is 0 Å². The predicted molar refractivity (Wildman–Crippen MR) is 85.0 cm³/mol. The normalized spacial score (nSPS) is 9.59. The van der Waals surface area contributed by atoms with E-state index in [1.54, 1.807) is 21.4 Å². The summed E-state index contributed by atoms with van der Waals surface area (Å²) < 4.78 is 3.65. The quantitative estimate of drug-likeness (QED) is 0.259. The van der Waals surface area contributed by atoms with Gasteiger partial charge in [-0.25, -0.2) is 4.57 Å². The van der Waals surface area contributed by atoms with Gasteiger partial charge in [-0.1, -0.05) is 30.9 Å². The van der Waals surface area contributed by atoms with Gasteiger partial charge < -0.3 is 0 Å². The molecule has 0 aliphatic heterocycles. The maximum Gasteiger partial charge on any atom is 0.324 e. The van der Waals surface area contributed by atoms with E-state index in [0.29, 0.717) is 17.1 Å². The second-order valence-electron chi connectivity index (χ2n) is 4.30. The van der Waals surface area contributed by atoms with E-state index in [0.717, 1.165) is 5.69 Å². The Bertz CT molecular complexity index is 875. The summed E-state index contributed by atoms with van der Waals surface area (Å²) in [5, 5.41) is 27.4. The van der Waals surface area contributed by atoms with Crippen LogP contribution in [0.1, 0.15) is 5.82 Å². The zero-order valence-corrected chi connectivity index (χ0v) is 12.4. The molecule has 0 saturated heterocycles. The topological polar surface area (TPSA) is 96.1 Å². The summed E-state index contributed by atoms with van der Waals surface area (Å²) in [5.74, 6) is 2.36. The third-order valence-corrected chi connectivity index (χ3v) is 3.27. The Labute approximate surface area is 132 Å². The second kappa shape index (κ2) is 6.59. The molecule has 2 rings (SSSR count). The maximum atomic E-state index is 9.06. The van der Waals surface area contributed by atoms with E-state index in [1.165, 1.54) is 0 Å². The number of hydrogen-bond donors (Lipinski definition) is 3. The first kappa shape index (κ1) is 15.3. The molecule has 1 heterocycles. The second-order valence-corrected chi connectivity index (χ2v) is 4.68. The zero-order chi connectivity index (χ0) is 16.1. The van der Waals surface area contributed by atoms with Gasteiger partial charge in [0.25, 0.3) is 5.82 Å².